The first-order chi connectivity index (χ1) is 12.9. The molecule has 0 aromatic carbocycles. The molecule has 0 unspecified atom stereocenters. The van der Waals surface area contributed by atoms with Gasteiger partial charge in [0.2, 0.25) is 5.16 Å². The smallest absolute Gasteiger partial charge is 0.264 e. The molecule has 0 fully saturated rings. The van der Waals surface area contributed by atoms with Crippen LogP contribution >= 0.6 is 11.8 Å². The third kappa shape index (κ3) is 3.74. The van der Waals surface area contributed by atoms with Gasteiger partial charge in [-0.05, 0) is 33.8 Å². The van der Waals surface area contributed by atoms with Gasteiger partial charge in [-0.25, -0.2) is 0 Å². The maximum atomic E-state index is 11.1. The lowest BCUT2D eigenvalue weighted by molar-refractivity contribution is -0.386. The summed E-state index contributed by atoms with van der Waals surface area (Å²) in [6.45, 7) is 7.86. The number of nitrogens with zero attached hydrogens (tertiary/aromatic N) is 9. The molecule has 0 aliphatic heterocycles. The Bertz CT molecular complexity index is 1000. The molecule has 0 spiro atoms. The zero-order chi connectivity index (χ0) is 19.6. The van der Waals surface area contributed by atoms with E-state index in [4.69, 9.17) is 0 Å². The van der Waals surface area contributed by atoms with E-state index in [1.165, 1.54) is 11.8 Å². The van der Waals surface area contributed by atoms with Crippen LogP contribution in [0.25, 0.3) is 0 Å². The van der Waals surface area contributed by atoms with Crippen molar-refractivity contribution in [1.82, 2.24) is 34.4 Å². The van der Waals surface area contributed by atoms with Gasteiger partial charge in [-0.15, -0.1) is 10.2 Å². The normalized spacial score (nSPS) is 11.6. The van der Waals surface area contributed by atoms with E-state index in [1.807, 2.05) is 17.7 Å². The average Bonchev–Trinajstić information content (AvgIpc) is 3.29. The van der Waals surface area contributed by atoms with Crippen molar-refractivity contribution in [3.8, 4) is 0 Å². The Morgan fingerprint density at radius 2 is 2.07 bits per heavy atom. The van der Waals surface area contributed by atoms with Crippen LogP contribution in [0.5, 0.6) is 0 Å². The van der Waals surface area contributed by atoms with E-state index in [2.05, 4.69) is 25.5 Å². The van der Waals surface area contributed by atoms with Gasteiger partial charge < -0.3 is 0 Å². The van der Waals surface area contributed by atoms with Crippen LogP contribution < -0.4 is 0 Å². The molecule has 0 saturated heterocycles. The van der Waals surface area contributed by atoms with Crippen LogP contribution in [0, 0.1) is 30.9 Å². The lowest BCUT2D eigenvalue weighted by atomic mass is 10.3. The molecule has 142 valence electrons. The van der Waals surface area contributed by atoms with Crippen molar-refractivity contribution in [1.29, 1.82) is 0 Å². The zero-order valence-corrected chi connectivity index (χ0v) is 16.2. The van der Waals surface area contributed by atoms with Crippen molar-refractivity contribution in [3.05, 3.63) is 45.3 Å². The fourth-order valence-corrected chi connectivity index (χ4v) is 3.48. The molecule has 12 heteroatoms. The molecular formula is C15H19N9O2S. The Balaban J connectivity index is 1.80. The Kier molecular flexibility index (Phi) is 5.35. The third-order valence-electron chi connectivity index (χ3n) is 3.96. The topological polar surface area (TPSA) is 122 Å². The van der Waals surface area contributed by atoms with Gasteiger partial charge in [0.05, 0.1) is 22.7 Å². The minimum atomic E-state index is -0.410. The summed E-state index contributed by atoms with van der Waals surface area (Å²) in [5, 5.41) is 32.8. The number of hydrogen-bond donors (Lipinski definition) is 0. The second-order valence-electron chi connectivity index (χ2n) is 5.71. The minimum absolute atomic E-state index is 0.0408. The van der Waals surface area contributed by atoms with E-state index in [-0.39, 0.29) is 5.69 Å². The molecule has 11 nitrogen and oxygen atoms in total. The zero-order valence-electron chi connectivity index (χ0n) is 15.4. The number of hydrogen-bond acceptors (Lipinski definition) is 8. The van der Waals surface area contributed by atoms with Crippen LogP contribution in [0.4, 0.5) is 5.69 Å². The van der Waals surface area contributed by atoms with E-state index in [1.54, 1.807) is 42.5 Å². The molecule has 0 atom stereocenters. The van der Waals surface area contributed by atoms with Gasteiger partial charge in [0.15, 0.2) is 5.82 Å². The van der Waals surface area contributed by atoms with Crippen molar-refractivity contribution in [2.75, 3.05) is 0 Å². The Hall–Kier alpha value is -3.02. The Morgan fingerprint density at radius 1 is 1.30 bits per heavy atom. The molecule has 3 aromatic rings. The molecule has 0 amide bonds. The van der Waals surface area contributed by atoms with E-state index >= 15 is 0 Å². The van der Waals surface area contributed by atoms with Crippen LogP contribution in [0.15, 0.2) is 22.5 Å². The average molecular weight is 389 g/mol. The summed E-state index contributed by atoms with van der Waals surface area (Å²) in [6, 6.07) is 1.87. The molecule has 0 bridgehead atoms. The van der Waals surface area contributed by atoms with Crippen LogP contribution in [-0.4, -0.2) is 45.6 Å². The molecule has 0 aliphatic rings. The quantitative estimate of drug-likeness (QED) is 0.263. The predicted octanol–water partition coefficient (Wildman–Crippen LogP) is 2.16. The lowest BCUT2D eigenvalue weighted by Gasteiger charge is -2.04. The highest BCUT2D eigenvalue weighted by Crippen LogP contribution is 2.25. The molecular weight excluding hydrogens is 370 g/mol. The highest BCUT2D eigenvalue weighted by molar-refractivity contribution is 7.98. The van der Waals surface area contributed by atoms with Gasteiger partial charge in [-0.3, -0.25) is 19.5 Å². The van der Waals surface area contributed by atoms with Gasteiger partial charge in [0, 0.05) is 12.7 Å². The molecule has 0 N–H and O–H groups in total. The van der Waals surface area contributed by atoms with Gasteiger partial charge in [0.1, 0.15) is 11.4 Å². The first-order valence-electron chi connectivity index (χ1n) is 8.21. The van der Waals surface area contributed by atoms with Crippen LogP contribution in [-0.2, 0) is 12.4 Å². The van der Waals surface area contributed by atoms with Crippen LogP contribution in [0.3, 0.4) is 0 Å². The first-order valence-corrected chi connectivity index (χ1v) is 9.20. The molecule has 3 aromatic heterocycles. The first kappa shape index (κ1) is 18.8. The summed E-state index contributed by atoms with van der Waals surface area (Å²) < 4.78 is 5.03. The SMILES string of the molecule is CCn1nccc1/C=N\n1c(C)nnc1SCn1nc(C)c([N+](=O)[O-])c1C. The van der Waals surface area contributed by atoms with Crippen LogP contribution in [0.1, 0.15) is 29.8 Å². The number of rotatable bonds is 7. The third-order valence-corrected chi connectivity index (χ3v) is 4.85. The van der Waals surface area contributed by atoms with E-state index in [9.17, 15) is 10.1 Å². The van der Waals surface area contributed by atoms with Gasteiger partial charge in [0.25, 0.3) is 0 Å². The largest absolute Gasteiger partial charge is 0.312 e. The van der Waals surface area contributed by atoms with E-state index in [0.717, 1.165) is 12.2 Å². The molecule has 27 heavy (non-hydrogen) atoms. The monoisotopic (exact) mass is 389 g/mol. The summed E-state index contributed by atoms with van der Waals surface area (Å²) in [5.41, 5.74) is 1.81. The van der Waals surface area contributed by atoms with Crippen molar-refractivity contribution in [2.24, 2.45) is 5.10 Å². The number of thioether (sulfide) groups is 1. The van der Waals surface area contributed by atoms with Crippen molar-refractivity contribution in [2.45, 2.75) is 45.3 Å². The summed E-state index contributed by atoms with van der Waals surface area (Å²) in [4.78, 5) is 10.7. The fraction of sp³-hybridized carbons (Fsp3) is 0.400. The number of aryl methyl sites for hydroxylation is 3. The van der Waals surface area contributed by atoms with Crippen molar-refractivity contribution < 1.29 is 4.92 Å². The summed E-state index contributed by atoms with van der Waals surface area (Å²) in [7, 11) is 0. The van der Waals surface area contributed by atoms with Gasteiger partial charge in [-0.2, -0.15) is 20.0 Å². The van der Waals surface area contributed by atoms with Crippen LogP contribution in [0.2, 0.25) is 0 Å². The second-order valence-corrected chi connectivity index (χ2v) is 6.62. The number of aromatic nitrogens is 7. The van der Waals surface area contributed by atoms with Crippen molar-refractivity contribution >= 4 is 23.7 Å². The highest BCUT2D eigenvalue weighted by atomic mass is 32.2. The van der Waals surface area contributed by atoms with Crippen molar-refractivity contribution in [3.63, 3.8) is 0 Å². The maximum Gasteiger partial charge on any atom is 0.312 e. The standard InChI is InChI=1S/C15H19N9O2S/c1-5-21-13(6-7-16-21)8-17-23-12(4)18-19-15(23)27-9-22-11(3)14(24(25)26)10(2)20-22/h6-8H,5,9H2,1-4H3/b17-8-. The molecule has 0 radical (unpaired) electrons. The molecule has 3 heterocycles. The Morgan fingerprint density at radius 3 is 2.74 bits per heavy atom. The molecule has 0 aliphatic carbocycles. The minimum Gasteiger partial charge on any atom is -0.264 e. The summed E-state index contributed by atoms with van der Waals surface area (Å²) in [5.74, 6) is 0.997. The second kappa shape index (κ2) is 7.70. The molecule has 3 rings (SSSR count). The van der Waals surface area contributed by atoms with Gasteiger partial charge in [-0.1, -0.05) is 11.8 Å². The fourth-order valence-electron chi connectivity index (χ4n) is 2.59. The molecule has 0 saturated carbocycles. The number of nitro groups is 1. The Labute approximate surface area is 159 Å². The predicted molar refractivity (Wildman–Crippen MR) is 99.9 cm³/mol. The van der Waals surface area contributed by atoms with Gasteiger partial charge >= 0.3 is 5.69 Å². The van der Waals surface area contributed by atoms with E-state index < -0.39 is 4.92 Å². The lowest BCUT2D eigenvalue weighted by Crippen LogP contribution is -2.04. The van der Waals surface area contributed by atoms with E-state index in [0.29, 0.717) is 28.2 Å². The maximum absolute atomic E-state index is 11.1. The summed E-state index contributed by atoms with van der Waals surface area (Å²) in [6.07, 6.45) is 3.42. The summed E-state index contributed by atoms with van der Waals surface area (Å²) >= 11 is 1.35. The highest BCUT2D eigenvalue weighted by Gasteiger charge is 2.22.